The number of rotatable bonds is 5. The minimum atomic E-state index is -1.03. The molecule has 2 N–H and O–H groups in total. The zero-order valence-electron chi connectivity index (χ0n) is 7.62. The summed E-state index contributed by atoms with van der Waals surface area (Å²) >= 11 is 0. The summed E-state index contributed by atoms with van der Waals surface area (Å²) in [6.45, 7) is 4.36. The van der Waals surface area contributed by atoms with Crippen molar-refractivity contribution in [2.75, 3.05) is 12.3 Å². The van der Waals surface area contributed by atoms with E-state index in [9.17, 15) is 4.21 Å². The monoisotopic (exact) mass is 188 g/mol. The largest absolute Gasteiger partial charge is 0.330 e. The highest BCUT2D eigenvalue weighted by Gasteiger charge is 2.15. The highest BCUT2D eigenvalue weighted by Crippen LogP contribution is 2.05. The Hall–Kier alpha value is -0.400. The third-order valence-corrected chi connectivity index (χ3v) is 3.65. The van der Waals surface area contributed by atoms with Crippen molar-refractivity contribution in [2.24, 2.45) is 11.7 Å². The maximum Gasteiger partial charge on any atom is 0.121 e. The van der Waals surface area contributed by atoms with Gasteiger partial charge >= 0.3 is 0 Å². The quantitative estimate of drug-likeness (QED) is 0.688. The molecule has 0 amide bonds. The topological polar surface area (TPSA) is 66.9 Å². The zero-order valence-corrected chi connectivity index (χ0v) is 8.43. The van der Waals surface area contributed by atoms with Gasteiger partial charge in [0.25, 0.3) is 0 Å². The van der Waals surface area contributed by atoms with Crippen LogP contribution in [0.2, 0.25) is 0 Å². The standard InChI is InChI=1S/C8H16N2OS/c1-3-8(5-10)12(11)6-7(2)4-9/h7-8H,3-4,6,9H2,1-2H3. The van der Waals surface area contributed by atoms with Gasteiger partial charge in [-0.05, 0) is 18.9 Å². The summed E-state index contributed by atoms with van der Waals surface area (Å²) in [6, 6.07) is 2.04. The Labute approximate surface area is 76.4 Å². The molecule has 70 valence electrons. The van der Waals surface area contributed by atoms with Gasteiger partial charge in [0.2, 0.25) is 0 Å². The van der Waals surface area contributed by atoms with Gasteiger partial charge in [-0.25, -0.2) is 0 Å². The van der Waals surface area contributed by atoms with Crippen molar-refractivity contribution in [2.45, 2.75) is 25.5 Å². The number of hydrogen-bond acceptors (Lipinski definition) is 3. The summed E-state index contributed by atoms with van der Waals surface area (Å²) in [6.07, 6.45) is 0.653. The molecule has 0 heterocycles. The molecule has 0 aliphatic carbocycles. The molecule has 0 fully saturated rings. The van der Waals surface area contributed by atoms with Gasteiger partial charge in [-0.3, -0.25) is 4.21 Å². The molecule has 0 saturated carbocycles. The second kappa shape index (κ2) is 6.15. The first-order valence-electron chi connectivity index (χ1n) is 4.12. The average Bonchev–Trinajstić information content (AvgIpc) is 2.06. The van der Waals surface area contributed by atoms with Crippen LogP contribution in [-0.4, -0.2) is 21.8 Å². The van der Waals surface area contributed by atoms with Crippen LogP contribution < -0.4 is 5.73 Å². The molecule has 3 nitrogen and oxygen atoms in total. The van der Waals surface area contributed by atoms with Gasteiger partial charge in [-0.15, -0.1) is 0 Å². The van der Waals surface area contributed by atoms with Crippen molar-refractivity contribution in [1.82, 2.24) is 0 Å². The summed E-state index contributed by atoms with van der Waals surface area (Å²) in [5, 5.41) is 8.29. The van der Waals surface area contributed by atoms with Gasteiger partial charge in [0.15, 0.2) is 0 Å². The van der Waals surface area contributed by atoms with E-state index in [1.54, 1.807) is 0 Å². The maximum atomic E-state index is 11.4. The number of hydrogen-bond donors (Lipinski definition) is 1. The molecular weight excluding hydrogens is 172 g/mol. The van der Waals surface area contributed by atoms with Crippen molar-refractivity contribution in [3.05, 3.63) is 0 Å². The van der Waals surface area contributed by atoms with E-state index in [1.165, 1.54) is 0 Å². The highest BCUT2D eigenvalue weighted by atomic mass is 32.2. The molecule has 0 spiro atoms. The van der Waals surface area contributed by atoms with Gasteiger partial charge in [-0.1, -0.05) is 13.8 Å². The van der Waals surface area contributed by atoms with E-state index >= 15 is 0 Å². The Balaban J connectivity index is 3.95. The van der Waals surface area contributed by atoms with Crippen LogP contribution in [0.1, 0.15) is 20.3 Å². The van der Waals surface area contributed by atoms with Crippen molar-refractivity contribution in [3.8, 4) is 6.07 Å². The van der Waals surface area contributed by atoms with Gasteiger partial charge in [-0.2, -0.15) is 5.26 Å². The van der Waals surface area contributed by atoms with Crippen LogP contribution in [0, 0.1) is 17.2 Å². The van der Waals surface area contributed by atoms with Crippen LogP contribution in [0.3, 0.4) is 0 Å². The molecule has 3 atom stereocenters. The van der Waals surface area contributed by atoms with Crippen LogP contribution in [0.5, 0.6) is 0 Å². The summed E-state index contributed by atoms with van der Waals surface area (Å²) < 4.78 is 11.4. The summed E-state index contributed by atoms with van der Waals surface area (Å²) in [7, 11) is -1.03. The molecule has 0 aromatic rings. The van der Waals surface area contributed by atoms with Crippen molar-refractivity contribution in [1.29, 1.82) is 5.26 Å². The van der Waals surface area contributed by atoms with E-state index in [2.05, 4.69) is 0 Å². The molecule has 0 saturated heterocycles. The molecule has 0 aliphatic rings. The first-order chi connectivity index (χ1) is 5.65. The fraction of sp³-hybridized carbons (Fsp3) is 0.875. The van der Waals surface area contributed by atoms with Crippen molar-refractivity contribution >= 4 is 10.8 Å². The van der Waals surface area contributed by atoms with Crippen LogP contribution in [0.25, 0.3) is 0 Å². The van der Waals surface area contributed by atoms with Crippen LogP contribution in [-0.2, 0) is 10.8 Å². The molecule has 4 heteroatoms. The zero-order chi connectivity index (χ0) is 9.56. The van der Waals surface area contributed by atoms with Crippen LogP contribution in [0.15, 0.2) is 0 Å². The lowest BCUT2D eigenvalue weighted by atomic mass is 10.2. The Morgan fingerprint density at radius 1 is 1.67 bits per heavy atom. The molecular formula is C8H16N2OS. The number of nitrogens with zero attached hydrogens (tertiary/aromatic N) is 1. The predicted molar refractivity (Wildman–Crippen MR) is 50.9 cm³/mol. The van der Waals surface area contributed by atoms with Gasteiger partial charge in [0.05, 0.1) is 6.07 Å². The van der Waals surface area contributed by atoms with Gasteiger partial charge in [0.1, 0.15) is 5.25 Å². The van der Waals surface area contributed by atoms with E-state index in [0.717, 1.165) is 0 Å². The lowest BCUT2D eigenvalue weighted by Gasteiger charge is -2.10. The molecule has 0 radical (unpaired) electrons. The molecule has 0 aliphatic heterocycles. The van der Waals surface area contributed by atoms with Crippen molar-refractivity contribution < 1.29 is 4.21 Å². The Bertz CT molecular complexity index is 188. The van der Waals surface area contributed by atoms with Crippen LogP contribution >= 0.6 is 0 Å². The summed E-state index contributed by atoms with van der Waals surface area (Å²) in [5.41, 5.74) is 5.39. The Kier molecular flexibility index (Phi) is 5.95. The molecule has 0 rings (SSSR count). The normalized spacial score (nSPS) is 17.8. The lowest BCUT2D eigenvalue weighted by Crippen LogP contribution is -2.23. The number of nitriles is 1. The molecule has 0 aromatic heterocycles. The summed E-state index contributed by atoms with van der Waals surface area (Å²) in [4.78, 5) is 0. The number of nitrogens with two attached hydrogens (primary N) is 1. The first kappa shape index (κ1) is 11.6. The minimum absolute atomic E-state index is 0.244. The SMILES string of the molecule is CCC(C#N)S(=O)CC(C)CN. The molecule has 0 aromatic carbocycles. The van der Waals surface area contributed by atoms with Crippen LogP contribution in [0.4, 0.5) is 0 Å². The predicted octanol–water partition coefficient (Wildman–Crippen LogP) is 0.632. The van der Waals surface area contributed by atoms with E-state index < -0.39 is 10.8 Å². The smallest absolute Gasteiger partial charge is 0.121 e. The molecule has 3 unspecified atom stereocenters. The van der Waals surface area contributed by atoms with E-state index in [0.29, 0.717) is 18.7 Å². The fourth-order valence-electron chi connectivity index (χ4n) is 0.801. The highest BCUT2D eigenvalue weighted by molar-refractivity contribution is 7.85. The van der Waals surface area contributed by atoms with Crippen molar-refractivity contribution in [3.63, 3.8) is 0 Å². The lowest BCUT2D eigenvalue weighted by molar-refractivity contribution is 0.635. The third-order valence-electron chi connectivity index (χ3n) is 1.68. The van der Waals surface area contributed by atoms with E-state index in [1.807, 2.05) is 19.9 Å². The van der Waals surface area contributed by atoms with Gasteiger partial charge in [0, 0.05) is 16.6 Å². The summed E-state index contributed by atoms with van der Waals surface area (Å²) in [5.74, 6) is 0.788. The molecule has 12 heavy (non-hydrogen) atoms. The van der Waals surface area contributed by atoms with E-state index in [-0.39, 0.29) is 11.2 Å². The Morgan fingerprint density at radius 3 is 2.58 bits per heavy atom. The Morgan fingerprint density at radius 2 is 2.25 bits per heavy atom. The second-order valence-corrected chi connectivity index (χ2v) is 4.58. The minimum Gasteiger partial charge on any atom is -0.330 e. The average molecular weight is 188 g/mol. The van der Waals surface area contributed by atoms with E-state index in [4.69, 9.17) is 11.0 Å². The van der Waals surface area contributed by atoms with Gasteiger partial charge < -0.3 is 5.73 Å². The maximum absolute atomic E-state index is 11.4. The molecule has 0 bridgehead atoms. The third kappa shape index (κ3) is 3.84. The fourth-order valence-corrected chi connectivity index (χ4v) is 2.22. The first-order valence-corrected chi connectivity index (χ1v) is 5.50. The second-order valence-electron chi connectivity index (χ2n) is 2.91.